The maximum atomic E-state index is 12.3. The summed E-state index contributed by atoms with van der Waals surface area (Å²) in [5.41, 5.74) is -0.638. The third-order valence-electron chi connectivity index (χ3n) is 3.33. The minimum atomic E-state index is -2.77. The van der Waals surface area contributed by atoms with Crippen molar-refractivity contribution in [3.05, 3.63) is 45.8 Å². The van der Waals surface area contributed by atoms with Crippen molar-refractivity contribution in [1.29, 1.82) is 0 Å². The maximum Gasteiger partial charge on any atom is 0.356 e. The number of non-ortho nitro benzene ring substituents is 1. The minimum absolute atomic E-state index is 0.0343. The van der Waals surface area contributed by atoms with Crippen molar-refractivity contribution in [2.75, 3.05) is 18.5 Å². The van der Waals surface area contributed by atoms with Crippen LogP contribution >= 0.6 is 0 Å². The number of aromatic nitrogens is 2. The molecule has 0 aliphatic heterocycles. The summed E-state index contributed by atoms with van der Waals surface area (Å²) in [5, 5.41) is 17.2. The fraction of sp³-hybridized carbons (Fsp3) is 0.312. The van der Waals surface area contributed by atoms with Crippen molar-refractivity contribution in [2.24, 2.45) is 7.05 Å². The number of benzene rings is 1. The van der Waals surface area contributed by atoms with E-state index in [1.807, 2.05) is 0 Å². The van der Waals surface area contributed by atoms with Gasteiger partial charge in [0, 0.05) is 25.2 Å². The normalized spacial score (nSPS) is 10.6. The molecule has 1 amide bonds. The number of alkyl halides is 2. The van der Waals surface area contributed by atoms with Crippen LogP contribution in [-0.2, 0) is 11.8 Å². The highest BCUT2D eigenvalue weighted by Crippen LogP contribution is 2.26. The Balaban J connectivity index is 2.24. The van der Waals surface area contributed by atoms with Crippen LogP contribution in [0.2, 0.25) is 0 Å². The molecule has 0 aliphatic rings. The number of aryl methyl sites for hydroxylation is 1. The monoisotopic (exact) mass is 398 g/mol. The first-order chi connectivity index (χ1) is 13.2. The van der Waals surface area contributed by atoms with Crippen LogP contribution in [0.15, 0.2) is 24.3 Å². The molecule has 2 aromatic rings. The number of hydrogen-bond donors (Lipinski definition) is 1. The lowest BCUT2D eigenvalue weighted by Crippen LogP contribution is -2.14. The number of nitrogens with zero attached hydrogens (tertiary/aromatic N) is 3. The lowest BCUT2D eigenvalue weighted by molar-refractivity contribution is -0.384. The van der Waals surface area contributed by atoms with E-state index < -0.39 is 35.5 Å². The number of nitro groups is 1. The smallest absolute Gasteiger partial charge is 0.356 e. The molecule has 0 saturated heterocycles. The summed E-state index contributed by atoms with van der Waals surface area (Å²) in [7, 11) is 1.44. The molecular weight excluding hydrogens is 382 g/mol. The van der Waals surface area contributed by atoms with Crippen LogP contribution in [0.25, 0.3) is 0 Å². The lowest BCUT2D eigenvalue weighted by Gasteiger charge is -2.08. The zero-order valence-corrected chi connectivity index (χ0v) is 14.8. The quantitative estimate of drug-likeness (QED) is 0.411. The molecule has 0 bridgehead atoms. The molecule has 1 aromatic heterocycles. The Morgan fingerprint density at radius 2 is 2.04 bits per heavy atom. The summed E-state index contributed by atoms with van der Waals surface area (Å²) in [6, 6.07) is 4.33. The Labute approximate surface area is 157 Å². The second-order valence-electron chi connectivity index (χ2n) is 5.39. The second-order valence-corrected chi connectivity index (χ2v) is 5.39. The lowest BCUT2D eigenvalue weighted by atomic mass is 10.2. The molecule has 10 nitrogen and oxygen atoms in total. The number of carbonyl (C=O) groups excluding carboxylic acids is 2. The SMILES string of the molecule is CCOC(=O)c1cc(C(=O)Nc2cc(OCC(F)F)cc([N+](=O)[O-])c2)nn1C. The molecule has 0 fully saturated rings. The molecule has 2 rings (SSSR count). The van der Waals surface area contributed by atoms with E-state index in [4.69, 9.17) is 9.47 Å². The van der Waals surface area contributed by atoms with Crippen LogP contribution in [0.1, 0.15) is 27.9 Å². The number of halogens is 2. The molecular formula is C16H16F2N4O6. The minimum Gasteiger partial charge on any atom is -0.487 e. The van der Waals surface area contributed by atoms with Crippen molar-refractivity contribution in [3.63, 3.8) is 0 Å². The summed E-state index contributed by atoms with van der Waals surface area (Å²) in [4.78, 5) is 34.4. The molecule has 0 aliphatic carbocycles. The second kappa shape index (κ2) is 8.88. The van der Waals surface area contributed by atoms with Crippen LogP contribution in [0.5, 0.6) is 5.75 Å². The summed E-state index contributed by atoms with van der Waals surface area (Å²) < 4.78 is 35.4. The Morgan fingerprint density at radius 1 is 1.32 bits per heavy atom. The molecule has 0 atom stereocenters. The Hall–Kier alpha value is -3.57. The molecule has 0 unspecified atom stereocenters. The first-order valence-electron chi connectivity index (χ1n) is 7.94. The van der Waals surface area contributed by atoms with Gasteiger partial charge in [0.05, 0.1) is 23.3 Å². The number of rotatable bonds is 8. The van der Waals surface area contributed by atoms with Gasteiger partial charge in [-0.15, -0.1) is 0 Å². The third kappa shape index (κ3) is 5.22. The highest BCUT2D eigenvalue weighted by atomic mass is 19.3. The number of ether oxygens (including phenoxy) is 2. The van der Waals surface area contributed by atoms with Gasteiger partial charge in [0.25, 0.3) is 18.0 Å². The van der Waals surface area contributed by atoms with Gasteiger partial charge in [-0.25, -0.2) is 13.6 Å². The Morgan fingerprint density at radius 3 is 2.64 bits per heavy atom. The molecule has 150 valence electrons. The molecule has 12 heteroatoms. The van der Waals surface area contributed by atoms with Gasteiger partial charge < -0.3 is 14.8 Å². The first-order valence-corrected chi connectivity index (χ1v) is 7.94. The van der Waals surface area contributed by atoms with Crippen molar-refractivity contribution in [1.82, 2.24) is 9.78 Å². The predicted molar refractivity (Wildman–Crippen MR) is 91.7 cm³/mol. The predicted octanol–water partition coefficient (Wildman–Crippen LogP) is 2.40. The van der Waals surface area contributed by atoms with Crippen LogP contribution < -0.4 is 10.1 Å². The Bertz CT molecular complexity index is 899. The number of esters is 1. The van der Waals surface area contributed by atoms with Gasteiger partial charge in [-0.2, -0.15) is 5.10 Å². The van der Waals surface area contributed by atoms with E-state index in [1.54, 1.807) is 6.92 Å². The number of hydrogen-bond acceptors (Lipinski definition) is 7. The van der Waals surface area contributed by atoms with Gasteiger partial charge in [0.2, 0.25) is 0 Å². The molecule has 1 aromatic carbocycles. The van der Waals surface area contributed by atoms with Crippen molar-refractivity contribution >= 4 is 23.3 Å². The number of amides is 1. The number of nitrogens with one attached hydrogen (secondary N) is 1. The van der Waals surface area contributed by atoms with E-state index in [-0.39, 0.29) is 29.4 Å². The number of anilines is 1. The van der Waals surface area contributed by atoms with Crippen molar-refractivity contribution in [3.8, 4) is 5.75 Å². The van der Waals surface area contributed by atoms with Gasteiger partial charge in [0.1, 0.15) is 18.1 Å². The summed E-state index contributed by atoms with van der Waals surface area (Å²) in [6.07, 6.45) is -2.77. The van der Waals surface area contributed by atoms with Crippen LogP contribution in [0.3, 0.4) is 0 Å². The average molecular weight is 398 g/mol. The summed E-state index contributed by atoms with van der Waals surface area (Å²) >= 11 is 0. The topological polar surface area (TPSA) is 126 Å². The van der Waals surface area contributed by atoms with Gasteiger partial charge in [-0.3, -0.25) is 19.6 Å². The maximum absolute atomic E-state index is 12.3. The molecule has 0 saturated carbocycles. The standard InChI is InChI=1S/C16H16F2N4O6/c1-3-27-16(24)13-7-12(20-21(13)2)15(23)19-9-4-10(22(25)26)6-11(5-9)28-8-14(17)18/h4-7,14H,3,8H2,1-2H3,(H,19,23). The van der Waals surface area contributed by atoms with Gasteiger partial charge in [-0.05, 0) is 6.92 Å². The van der Waals surface area contributed by atoms with Crippen LogP contribution in [0.4, 0.5) is 20.2 Å². The van der Waals surface area contributed by atoms with E-state index in [0.29, 0.717) is 0 Å². The molecule has 0 radical (unpaired) electrons. The fourth-order valence-electron chi connectivity index (χ4n) is 2.17. The highest BCUT2D eigenvalue weighted by molar-refractivity contribution is 6.04. The van der Waals surface area contributed by atoms with Gasteiger partial charge in [-0.1, -0.05) is 0 Å². The van der Waals surface area contributed by atoms with E-state index in [9.17, 15) is 28.5 Å². The summed E-state index contributed by atoms with van der Waals surface area (Å²) in [5.74, 6) is -1.65. The van der Waals surface area contributed by atoms with Crippen molar-refractivity contribution in [2.45, 2.75) is 13.3 Å². The third-order valence-corrected chi connectivity index (χ3v) is 3.33. The van der Waals surface area contributed by atoms with Crippen LogP contribution in [0, 0.1) is 10.1 Å². The van der Waals surface area contributed by atoms with Gasteiger partial charge in [0.15, 0.2) is 5.69 Å². The molecule has 28 heavy (non-hydrogen) atoms. The zero-order valence-electron chi connectivity index (χ0n) is 14.8. The first kappa shape index (κ1) is 20.7. The molecule has 0 spiro atoms. The average Bonchev–Trinajstić information content (AvgIpc) is 3.02. The number of nitro benzene ring substituents is 1. The summed E-state index contributed by atoms with van der Waals surface area (Å²) in [6.45, 7) is 0.802. The number of carbonyl (C=O) groups is 2. The van der Waals surface area contributed by atoms with E-state index >= 15 is 0 Å². The van der Waals surface area contributed by atoms with E-state index in [0.717, 1.165) is 22.9 Å². The van der Waals surface area contributed by atoms with Crippen molar-refractivity contribution < 1.29 is 32.8 Å². The largest absolute Gasteiger partial charge is 0.487 e. The molecule has 1 N–H and O–H groups in total. The van der Waals surface area contributed by atoms with Gasteiger partial charge >= 0.3 is 5.97 Å². The zero-order chi connectivity index (χ0) is 20.8. The van der Waals surface area contributed by atoms with E-state index in [2.05, 4.69) is 10.4 Å². The Kier molecular flexibility index (Phi) is 6.58. The van der Waals surface area contributed by atoms with E-state index in [1.165, 1.54) is 13.1 Å². The highest BCUT2D eigenvalue weighted by Gasteiger charge is 2.20. The molecule has 1 heterocycles. The fourth-order valence-corrected chi connectivity index (χ4v) is 2.17. The van der Waals surface area contributed by atoms with Crippen LogP contribution in [-0.4, -0.2) is 46.2 Å².